The number of anilines is 1. The molecule has 4 heterocycles. The van der Waals surface area contributed by atoms with Gasteiger partial charge in [0.2, 0.25) is 15.9 Å². The van der Waals surface area contributed by atoms with Crippen LogP contribution in [0.15, 0.2) is 24.8 Å². The van der Waals surface area contributed by atoms with Crippen LogP contribution in [0, 0.1) is 5.92 Å². The van der Waals surface area contributed by atoms with Gasteiger partial charge in [-0.25, -0.2) is 18.1 Å². The van der Waals surface area contributed by atoms with E-state index in [0.29, 0.717) is 38.5 Å². The third-order valence-electron chi connectivity index (χ3n) is 6.24. The molecule has 1 saturated carbocycles. The Kier molecular flexibility index (Phi) is 5.34. The van der Waals surface area contributed by atoms with Gasteiger partial charge in [0, 0.05) is 39.3 Å². The monoisotopic (exact) mass is 446 g/mol. The van der Waals surface area contributed by atoms with Crippen LogP contribution in [-0.4, -0.2) is 93.0 Å². The molecule has 0 N–H and O–H groups in total. The second-order valence-electron chi connectivity index (χ2n) is 8.34. The number of hydrogen-bond donors (Lipinski definition) is 0. The Hall–Kier alpha value is -2.60. The van der Waals surface area contributed by atoms with Gasteiger partial charge in [-0.15, -0.1) is 10.2 Å². The zero-order valence-corrected chi connectivity index (χ0v) is 18.1. The Bertz CT molecular complexity index is 1010. The van der Waals surface area contributed by atoms with Crippen molar-refractivity contribution in [3.8, 4) is 5.82 Å². The van der Waals surface area contributed by atoms with Gasteiger partial charge in [0.1, 0.15) is 12.7 Å². The molecule has 2 aliphatic heterocycles. The number of carbonyl (C=O) groups excluding carboxylic acids is 1. The topological polar surface area (TPSA) is 117 Å². The first-order valence-electron chi connectivity index (χ1n) is 10.7. The van der Waals surface area contributed by atoms with E-state index in [9.17, 15) is 13.2 Å². The van der Waals surface area contributed by atoms with Crippen molar-refractivity contribution >= 4 is 21.7 Å². The SMILES string of the molecule is O=C([C@H]1CCCN(c2ccc(-n3cncn3)nn2)C1)N1CCN(S(=O)(=O)C2CC2)CC1. The molecule has 1 amide bonds. The zero-order chi connectivity index (χ0) is 21.4. The third-order valence-corrected chi connectivity index (χ3v) is 8.64. The third kappa shape index (κ3) is 4.13. The second kappa shape index (κ2) is 8.15. The van der Waals surface area contributed by atoms with Gasteiger partial charge in [-0.1, -0.05) is 0 Å². The summed E-state index contributed by atoms with van der Waals surface area (Å²) >= 11 is 0. The van der Waals surface area contributed by atoms with Crippen LogP contribution in [0.2, 0.25) is 0 Å². The molecule has 11 nitrogen and oxygen atoms in total. The van der Waals surface area contributed by atoms with Gasteiger partial charge < -0.3 is 9.80 Å². The van der Waals surface area contributed by atoms with Crippen molar-refractivity contribution in [3.05, 3.63) is 24.8 Å². The van der Waals surface area contributed by atoms with Gasteiger partial charge in [-0.05, 0) is 37.8 Å². The number of hydrogen-bond acceptors (Lipinski definition) is 8. The summed E-state index contributed by atoms with van der Waals surface area (Å²) in [6.07, 6.45) is 6.27. The fraction of sp³-hybridized carbons (Fsp3) is 0.632. The van der Waals surface area contributed by atoms with E-state index in [-0.39, 0.29) is 17.1 Å². The van der Waals surface area contributed by atoms with Crippen LogP contribution >= 0.6 is 0 Å². The maximum atomic E-state index is 13.1. The fourth-order valence-electron chi connectivity index (χ4n) is 4.32. The van der Waals surface area contributed by atoms with E-state index in [1.165, 1.54) is 6.33 Å². The van der Waals surface area contributed by atoms with Gasteiger partial charge in [-0.3, -0.25) is 4.79 Å². The number of rotatable bonds is 5. The highest BCUT2D eigenvalue weighted by Gasteiger charge is 2.42. The highest BCUT2D eigenvalue weighted by atomic mass is 32.2. The first-order chi connectivity index (χ1) is 15.0. The minimum absolute atomic E-state index is 0.111. The van der Waals surface area contributed by atoms with Crippen molar-refractivity contribution in [1.29, 1.82) is 0 Å². The van der Waals surface area contributed by atoms with Gasteiger partial charge in [-0.2, -0.15) is 9.40 Å². The molecule has 12 heteroatoms. The molecule has 0 spiro atoms. The second-order valence-corrected chi connectivity index (χ2v) is 10.6. The van der Waals surface area contributed by atoms with Gasteiger partial charge in [0.15, 0.2) is 11.6 Å². The Labute approximate surface area is 181 Å². The lowest BCUT2D eigenvalue weighted by molar-refractivity contribution is -0.137. The molecular formula is C19H26N8O3S. The lowest BCUT2D eigenvalue weighted by Gasteiger charge is -2.38. The predicted molar refractivity (Wildman–Crippen MR) is 112 cm³/mol. The first kappa shape index (κ1) is 20.3. The molecule has 0 bridgehead atoms. The Morgan fingerprint density at radius 1 is 0.968 bits per heavy atom. The average molecular weight is 447 g/mol. The highest BCUT2D eigenvalue weighted by Crippen LogP contribution is 2.31. The van der Waals surface area contributed by atoms with Crippen molar-refractivity contribution < 1.29 is 13.2 Å². The van der Waals surface area contributed by atoms with Crippen LogP contribution < -0.4 is 4.90 Å². The minimum atomic E-state index is -3.17. The number of carbonyl (C=O) groups is 1. The Morgan fingerprint density at radius 2 is 1.71 bits per heavy atom. The normalized spacial score (nSPS) is 23.2. The molecule has 166 valence electrons. The van der Waals surface area contributed by atoms with Crippen LogP contribution in [0.5, 0.6) is 0 Å². The maximum Gasteiger partial charge on any atom is 0.227 e. The average Bonchev–Trinajstić information content (AvgIpc) is 3.55. The molecule has 5 rings (SSSR count). The molecule has 2 aromatic heterocycles. The van der Waals surface area contributed by atoms with E-state index < -0.39 is 10.0 Å². The Balaban J connectivity index is 1.19. The predicted octanol–water partition coefficient (Wildman–Crippen LogP) is -0.0899. The first-order valence-corrected chi connectivity index (χ1v) is 12.2. The summed E-state index contributed by atoms with van der Waals surface area (Å²) in [7, 11) is -3.17. The van der Waals surface area contributed by atoms with E-state index in [4.69, 9.17) is 0 Å². The summed E-state index contributed by atoms with van der Waals surface area (Å²) < 4.78 is 27.9. The molecule has 31 heavy (non-hydrogen) atoms. The van der Waals surface area contributed by atoms with Crippen molar-refractivity contribution in [1.82, 2.24) is 34.2 Å². The van der Waals surface area contributed by atoms with E-state index in [1.54, 1.807) is 15.3 Å². The van der Waals surface area contributed by atoms with Crippen molar-refractivity contribution in [2.24, 2.45) is 5.92 Å². The molecular weight excluding hydrogens is 420 g/mol. The minimum Gasteiger partial charge on any atom is -0.354 e. The summed E-state index contributed by atoms with van der Waals surface area (Å²) in [6, 6.07) is 3.72. The highest BCUT2D eigenvalue weighted by molar-refractivity contribution is 7.90. The molecule has 3 fully saturated rings. The van der Waals surface area contributed by atoms with E-state index >= 15 is 0 Å². The summed E-state index contributed by atoms with van der Waals surface area (Å²) in [5, 5.41) is 12.4. The molecule has 2 saturated heterocycles. The van der Waals surface area contributed by atoms with Crippen LogP contribution in [0.1, 0.15) is 25.7 Å². The molecule has 2 aromatic rings. The maximum absolute atomic E-state index is 13.1. The van der Waals surface area contributed by atoms with Crippen LogP contribution in [0.4, 0.5) is 5.82 Å². The molecule has 1 atom stereocenters. The fourth-order valence-corrected chi connectivity index (χ4v) is 6.15. The standard InChI is InChI=1S/C19H26N8O3S/c28-19(24-8-10-26(11-9-24)31(29,30)16-3-4-16)15-2-1-7-25(12-15)17-5-6-18(23-22-17)27-14-20-13-21-27/h5-6,13-16H,1-4,7-12H2/t15-/m0/s1. The molecule has 1 aliphatic carbocycles. The zero-order valence-electron chi connectivity index (χ0n) is 17.2. The van der Waals surface area contributed by atoms with Crippen LogP contribution in [0.25, 0.3) is 5.82 Å². The number of nitrogens with zero attached hydrogens (tertiary/aromatic N) is 8. The van der Waals surface area contributed by atoms with Crippen molar-refractivity contribution in [2.75, 3.05) is 44.2 Å². The summed E-state index contributed by atoms with van der Waals surface area (Å²) in [6.45, 7) is 3.15. The lowest BCUT2D eigenvalue weighted by atomic mass is 9.96. The molecule has 0 aromatic carbocycles. The quantitative estimate of drug-likeness (QED) is 0.625. The van der Waals surface area contributed by atoms with E-state index in [0.717, 1.165) is 38.0 Å². The lowest BCUT2D eigenvalue weighted by Crippen LogP contribution is -2.54. The molecule has 0 radical (unpaired) electrons. The smallest absolute Gasteiger partial charge is 0.227 e. The van der Waals surface area contributed by atoms with Gasteiger partial charge >= 0.3 is 0 Å². The van der Waals surface area contributed by atoms with Crippen molar-refractivity contribution in [2.45, 2.75) is 30.9 Å². The summed E-state index contributed by atoms with van der Waals surface area (Å²) in [5.41, 5.74) is 0. The molecule has 0 unspecified atom stereocenters. The van der Waals surface area contributed by atoms with Gasteiger partial charge in [0.05, 0.1) is 11.2 Å². The number of aromatic nitrogens is 5. The van der Waals surface area contributed by atoms with E-state index in [2.05, 4.69) is 25.2 Å². The summed E-state index contributed by atoms with van der Waals surface area (Å²) in [5.74, 6) is 1.32. The van der Waals surface area contributed by atoms with Gasteiger partial charge in [0.25, 0.3) is 0 Å². The number of sulfonamides is 1. The largest absolute Gasteiger partial charge is 0.354 e. The van der Waals surface area contributed by atoms with Crippen LogP contribution in [-0.2, 0) is 14.8 Å². The number of piperazine rings is 1. The summed E-state index contributed by atoms with van der Waals surface area (Å²) in [4.78, 5) is 20.9. The van der Waals surface area contributed by atoms with Crippen molar-refractivity contribution in [3.63, 3.8) is 0 Å². The Morgan fingerprint density at radius 3 is 2.35 bits per heavy atom. The number of piperidine rings is 1. The van der Waals surface area contributed by atoms with E-state index in [1.807, 2.05) is 17.0 Å². The number of amides is 1. The molecule has 3 aliphatic rings. The van der Waals surface area contributed by atoms with Crippen LogP contribution in [0.3, 0.4) is 0 Å².